The number of nitrogens with zero attached hydrogens (tertiary/aromatic N) is 2. The van der Waals surface area contributed by atoms with Gasteiger partial charge in [0.05, 0.1) is 5.56 Å². The molecule has 0 aliphatic carbocycles. The van der Waals surface area contributed by atoms with Crippen molar-refractivity contribution in [3.05, 3.63) is 23.9 Å². The van der Waals surface area contributed by atoms with Crippen molar-refractivity contribution in [1.82, 2.24) is 10.3 Å². The second-order valence-corrected chi connectivity index (χ2v) is 5.09. The lowest BCUT2D eigenvalue weighted by atomic mass is 10.0. The first-order valence-electron chi connectivity index (χ1n) is 7.02. The van der Waals surface area contributed by atoms with Crippen LogP contribution in [0.15, 0.2) is 18.3 Å². The zero-order valence-electron chi connectivity index (χ0n) is 11.6. The van der Waals surface area contributed by atoms with E-state index in [0.29, 0.717) is 24.9 Å². The molecule has 1 aromatic heterocycles. The highest BCUT2D eigenvalue weighted by Gasteiger charge is 2.31. The highest BCUT2D eigenvalue weighted by Crippen LogP contribution is 2.30. The Bertz CT molecular complexity index is 428. The summed E-state index contributed by atoms with van der Waals surface area (Å²) < 4.78 is 38.2. The van der Waals surface area contributed by atoms with Gasteiger partial charge in [0.15, 0.2) is 0 Å². The van der Waals surface area contributed by atoms with Crippen LogP contribution in [0.4, 0.5) is 19.0 Å². The third kappa shape index (κ3) is 3.85. The smallest absolute Gasteiger partial charge is 0.355 e. The topological polar surface area (TPSA) is 28.2 Å². The molecule has 0 radical (unpaired) electrons. The van der Waals surface area contributed by atoms with E-state index < -0.39 is 11.7 Å². The van der Waals surface area contributed by atoms with Gasteiger partial charge in [0.2, 0.25) is 0 Å². The first-order valence-corrected chi connectivity index (χ1v) is 7.02. The summed E-state index contributed by atoms with van der Waals surface area (Å²) in [7, 11) is 0. The number of likely N-dealkylation sites (N-methyl/N-ethyl adjacent to an activating group) is 1. The fourth-order valence-corrected chi connectivity index (χ4v) is 2.50. The third-order valence-corrected chi connectivity index (χ3v) is 3.63. The van der Waals surface area contributed by atoms with E-state index in [4.69, 9.17) is 0 Å². The molecule has 0 amide bonds. The molecule has 112 valence electrons. The van der Waals surface area contributed by atoms with Gasteiger partial charge in [-0.3, -0.25) is 0 Å². The van der Waals surface area contributed by atoms with Gasteiger partial charge < -0.3 is 10.2 Å². The molecule has 0 bridgehead atoms. The summed E-state index contributed by atoms with van der Waals surface area (Å²) in [5, 5.41) is 3.41. The van der Waals surface area contributed by atoms with Gasteiger partial charge in [0.1, 0.15) is 5.82 Å². The quantitative estimate of drug-likeness (QED) is 0.922. The number of anilines is 1. The van der Waals surface area contributed by atoms with Gasteiger partial charge in [-0.2, -0.15) is 13.2 Å². The summed E-state index contributed by atoms with van der Waals surface area (Å²) in [5.41, 5.74) is -0.641. The van der Waals surface area contributed by atoms with E-state index in [-0.39, 0.29) is 0 Å². The molecule has 0 aromatic carbocycles. The van der Waals surface area contributed by atoms with Crippen molar-refractivity contribution < 1.29 is 13.2 Å². The van der Waals surface area contributed by atoms with Crippen molar-refractivity contribution in [2.24, 2.45) is 0 Å². The summed E-state index contributed by atoms with van der Waals surface area (Å²) in [5.74, 6) is 0.398. The predicted molar refractivity (Wildman–Crippen MR) is 72.8 cm³/mol. The fraction of sp³-hybridized carbons (Fsp3) is 0.643. The predicted octanol–water partition coefficient (Wildman–Crippen LogP) is 3.07. The number of rotatable bonds is 4. The Labute approximate surface area is 117 Å². The second kappa shape index (κ2) is 6.43. The molecule has 1 unspecified atom stereocenters. The number of nitrogens with one attached hydrogen (secondary N) is 1. The lowest BCUT2D eigenvalue weighted by molar-refractivity contribution is -0.137. The summed E-state index contributed by atoms with van der Waals surface area (Å²) in [4.78, 5) is 5.99. The molecule has 1 aliphatic heterocycles. The molecule has 0 spiro atoms. The molecule has 20 heavy (non-hydrogen) atoms. The van der Waals surface area contributed by atoms with E-state index in [1.54, 1.807) is 0 Å². The number of hydrogen-bond acceptors (Lipinski definition) is 3. The number of hydrogen-bond donors (Lipinski definition) is 1. The van der Waals surface area contributed by atoms with Crippen LogP contribution in [0.3, 0.4) is 0 Å². The SMILES string of the molecule is CCN(CC1CCCCN1)c1cc(C(F)(F)F)ccn1. The minimum absolute atomic E-state index is 0.333. The molecule has 6 heteroatoms. The van der Waals surface area contributed by atoms with Gasteiger partial charge in [-0.05, 0) is 38.4 Å². The minimum atomic E-state index is -4.32. The van der Waals surface area contributed by atoms with Crippen molar-refractivity contribution >= 4 is 5.82 Å². The van der Waals surface area contributed by atoms with Gasteiger partial charge >= 0.3 is 6.18 Å². The van der Waals surface area contributed by atoms with Gasteiger partial charge in [0, 0.05) is 25.3 Å². The van der Waals surface area contributed by atoms with Gasteiger partial charge in [-0.25, -0.2) is 4.98 Å². The molecular weight excluding hydrogens is 267 g/mol. The van der Waals surface area contributed by atoms with Crippen LogP contribution in [0.25, 0.3) is 0 Å². The van der Waals surface area contributed by atoms with Gasteiger partial charge in [-0.15, -0.1) is 0 Å². The monoisotopic (exact) mass is 287 g/mol. The van der Waals surface area contributed by atoms with Crippen LogP contribution in [0.1, 0.15) is 31.7 Å². The average Bonchev–Trinajstić information content (AvgIpc) is 2.45. The summed E-state index contributed by atoms with van der Waals surface area (Å²) >= 11 is 0. The first kappa shape index (κ1) is 15.1. The Morgan fingerprint density at radius 3 is 2.80 bits per heavy atom. The van der Waals surface area contributed by atoms with Crippen LogP contribution in [-0.2, 0) is 6.18 Å². The molecular formula is C14H20F3N3. The molecule has 1 fully saturated rings. The van der Waals surface area contributed by atoms with E-state index in [9.17, 15) is 13.2 Å². The van der Waals surface area contributed by atoms with Crippen molar-refractivity contribution in [2.45, 2.75) is 38.4 Å². The van der Waals surface area contributed by atoms with E-state index in [0.717, 1.165) is 25.1 Å². The Morgan fingerprint density at radius 1 is 1.40 bits per heavy atom. The van der Waals surface area contributed by atoms with Gasteiger partial charge in [-0.1, -0.05) is 6.42 Å². The Kier molecular flexibility index (Phi) is 4.86. The van der Waals surface area contributed by atoms with Crippen molar-refractivity contribution in [3.8, 4) is 0 Å². The summed E-state index contributed by atoms with van der Waals surface area (Å²) in [6.07, 6.45) is 0.320. The molecule has 1 aliphatic rings. The largest absolute Gasteiger partial charge is 0.416 e. The molecule has 1 saturated heterocycles. The van der Waals surface area contributed by atoms with Crippen LogP contribution < -0.4 is 10.2 Å². The van der Waals surface area contributed by atoms with E-state index >= 15 is 0 Å². The Balaban J connectivity index is 2.10. The summed E-state index contributed by atoms with van der Waals surface area (Å²) in [6, 6.07) is 2.47. The maximum absolute atomic E-state index is 12.7. The van der Waals surface area contributed by atoms with Crippen molar-refractivity contribution in [3.63, 3.8) is 0 Å². The Hall–Kier alpha value is -1.30. The number of pyridine rings is 1. The number of alkyl halides is 3. The minimum Gasteiger partial charge on any atom is -0.355 e. The van der Waals surface area contributed by atoms with E-state index in [2.05, 4.69) is 10.3 Å². The van der Waals surface area contributed by atoms with E-state index in [1.807, 2.05) is 11.8 Å². The number of piperidine rings is 1. The maximum Gasteiger partial charge on any atom is 0.416 e. The van der Waals surface area contributed by atoms with Crippen LogP contribution >= 0.6 is 0 Å². The summed E-state index contributed by atoms with van der Waals surface area (Å²) in [6.45, 7) is 4.26. The number of halogens is 3. The lowest BCUT2D eigenvalue weighted by Gasteiger charge is -2.30. The fourth-order valence-electron chi connectivity index (χ4n) is 2.50. The average molecular weight is 287 g/mol. The molecule has 1 aromatic rings. The molecule has 2 rings (SSSR count). The molecule has 3 nitrogen and oxygen atoms in total. The lowest BCUT2D eigenvalue weighted by Crippen LogP contribution is -2.44. The van der Waals surface area contributed by atoms with E-state index in [1.165, 1.54) is 19.0 Å². The van der Waals surface area contributed by atoms with Crippen LogP contribution in [0, 0.1) is 0 Å². The van der Waals surface area contributed by atoms with Crippen molar-refractivity contribution in [2.75, 3.05) is 24.5 Å². The van der Waals surface area contributed by atoms with Crippen LogP contribution in [0.2, 0.25) is 0 Å². The Morgan fingerprint density at radius 2 is 2.20 bits per heavy atom. The highest BCUT2D eigenvalue weighted by atomic mass is 19.4. The normalized spacial score (nSPS) is 19.9. The molecule has 2 heterocycles. The van der Waals surface area contributed by atoms with Crippen LogP contribution in [-0.4, -0.2) is 30.7 Å². The molecule has 0 saturated carbocycles. The van der Waals surface area contributed by atoms with Gasteiger partial charge in [0.25, 0.3) is 0 Å². The highest BCUT2D eigenvalue weighted by molar-refractivity contribution is 5.42. The zero-order valence-corrected chi connectivity index (χ0v) is 11.6. The molecule has 1 N–H and O–H groups in total. The first-order chi connectivity index (χ1) is 9.50. The zero-order chi connectivity index (χ0) is 14.6. The van der Waals surface area contributed by atoms with Crippen molar-refractivity contribution in [1.29, 1.82) is 0 Å². The molecule has 1 atom stereocenters. The maximum atomic E-state index is 12.7. The third-order valence-electron chi connectivity index (χ3n) is 3.63. The van der Waals surface area contributed by atoms with Crippen LogP contribution in [0.5, 0.6) is 0 Å². The second-order valence-electron chi connectivity index (χ2n) is 5.09. The number of aromatic nitrogens is 1. The standard InChI is InChI=1S/C14H20F3N3/c1-2-20(10-12-5-3-4-7-18-12)13-9-11(6-8-19-13)14(15,16)17/h6,8-9,12,18H,2-5,7,10H2,1H3.